The van der Waals surface area contributed by atoms with Crippen molar-refractivity contribution < 1.29 is 0 Å². The molecule has 0 bridgehead atoms. The predicted molar refractivity (Wildman–Crippen MR) is 80.3 cm³/mol. The van der Waals surface area contributed by atoms with E-state index in [0.717, 1.165) is 10.9 Å². The molecular formula is C13H12BrN3OS. The average molecular weight is 338 g/mol. The van der Waals surface area contributed by atoms with Crippen LogP contribution in [0.4, 0.5) is 0 Å². The SMILES string of the molecule is CCCn1c(SCC#N)nc2ccc(Br)cc2c1=O. The maximum Gasteiger partial charge on any atom is 0.262 e. The molecule has 19 heavy (non-hydrogen) atoms. The average Bonchev–Trinajstić information content (AvgIpc) is 2.41. The molecule has 0 aliphatic heterocycles. The molecule has 0 N–H and O–H groups in total. The highest BCUT2D eigenvalue weighted by atomic mass is 79.9. The number of hydrogen-bond acceptors (Lipinski definition) is 4. The Balaban J connectivity index is 2.67. The van der Waals surface area contributed by atoms with E-state index < -0.39 is 0 Å². The van der Waals surface area contributed by atoms with Crippen LogP contribution in [-0.4, -0.2) is 15.3 Å². The van der Waals surface area contributed by atoms with Gasteiger partial charge < -0.3 is 0 Å². The summed E-state index contributed by atoms with van der Waals surface area (Å²) in [6, 6.07) is 7.52. The van der Waals surface area contributed by atoms with Crippen LogP contribution in [0.2, 0.25) is 0 Å². The lowest BCUT2D eigenvalue weighted by molar-refractivity contribution is 0.585. The third-order valence-corrected chi connectivity index (χ3v) is 3.93. The van der Waals surface area contributed by atoms with Crippen LogP contribution in [0.5, 0.6) is 0 Å². The van der Waals surface area contributed by atoms with E-state index in [-0.39, 0.29) is 11.3 Å². The fraction of sp³-hybridized carbons (Fsp3) is 0.308. The van der Waals surface area contributed by atoms with Crippen LogP contribution in [0.3, 0.4) is 0 Å². The Kier molecular flexibility index (Phi) is 4.61. The smallest absolute Gasteiger partial charge is 0.262 e. The van der Waals surface area contributed by atoms with Gasteiger partial charge in [0.1, 0.15) is 0 Å². The Morgan fingerprint density at radius 1 is 1.53 bits per heavy atom. The van der Waals surface area contributed by atoms with Gasteiger partial charge in [0.2, 0.25) is 0 Å². The summed E-state index contributed by atoms with van der Waals surface area (Å²) in [6.45, 7) is 2.62. The molecule has 2 aromatic rings. The monoisotopic (exact) mass is 337 g/mol. The van der Waals surface area contributed by atoms with E-state index in [1.54, 1.807) is 10.6 Å². The zero-order valence-corrected chi connectivity index (χ0v) is 12.8. The number of nitrogens with zero attached hydrogens (tertiary/aromatic N) is 3. The van der Waals surface area contributed by atoms with E-state index in [2.05, 4.69) is 27.0 Å². The van der Waals surface area contributed by atoms with Crippen LogP contribution in [0.15, 0.2) is 32.6 Å². The molecule has 0 spiro atoms. The van der Waals surface area contributed by atoms with Crippen molar-refractivity contribution in [3.63, 3.8) is 0 Å². The number of thioether (sulfide) groups is 1. The quantitative estimate of drug-likeness (QED) is 0.635. The second kappa shape index (κ2) is 6.22. The Labute approximate surface area is 123 Å². The van der Waals surface area contributed by atoms with E-state index in [0.29, 0.717) is 22.6 Å². The predicted octanol–water partition coefficient (Wildman–Crippen LogP) is 3.18. The van der Waals surface area contributed by atoms with E-state index in [4.69, 9.17) is 5.26 Å². The number of nitriles is 1. The number of benzene rings is 1. The lowest BCUT2D eigenvalue weighted by Crippen LogP contribution is -2.23. The first-order chi connectivity index (χ1) is 9.17. The van der Waals surface area contributed by atoms with Crippen molar-refractivity contribution in [3.8, 4) is 6.07 Å². The molecule has 0 unspecified atom stereocenters. The summed E-state index contributed by atoms with van der Waals surface area (Å²) in [6.07, 6.45) is 0.848. The van der Waals surface area contributed by atoms with Crippen molar-refractivity contribution in [1.82, 2.24) is 9.55 Å². The minimum atomic E-state index is -0.0476. The number of rotatable bonds is 4. The molecule has 98 valence electrons. The fourth-order valence-electron chi connectivity index (χ4n) is 1.80. The summed E-state index contributed by atoms with van der Waals surface area (Å²) in [5.74, 6) is 0.290. The minimum absolute atomic E-state index is 0.0476. The molecule has 1 heterocycles. The molecule has 6 heteroatoms. The molecule has 0 saturated heterocycles. The van der Waals surface area contributed by atoms with Crippen molar-refractivity contribution in [2.24, 2.45) is 0 Å². The van der Waals surface area contributed by atoms with Crippen molar-refractivity contribution in [1.29, 1.82) is 5.26 Å². The van der Waals surface area contributed by atoms with Crippen LogP contribution in [0, 0.1) is 11.3 Å². The summed E-state index contributed by atoms with van der Waals surface area (Å²) in [4.78, 5) is 16.9. The molecule has 1 aromatic heterocycles. The van der Waals surface area contributed by atoms with Crippen LogP contribution >= 0.6 is 27.7 Å². The number of hydrogen-bond donors (Lipinski definition) is 0. The second-order valence-electron chi connectivity index (χ2n) is 3.96. The lowest BCUT2D eigenvalue weighted by atomic mass is 10.2. The van der Waals surface area contributed by atoms with Gasteiger partial charge in [0, 0.05) is 11.0 Å². The van der Waals surface area contributed by atoms with Gasteiger partial charge in [-0.1, -0.05) is 34.6 Å². The Hall–Kier alpha value is -1.32. The Morgan fingerprint density at radius 2 is 2.32 bits per heavy atom. The minimum Gasteiger partial charge on any atom is -0.287 e. The largest absolute Gasteiger partial charge is 0.287 e. The highest BCUT2D eigenvalue weighted by molar-refractivity contribution is 9.10. The van der Waals surface area contributed by atoms with Gasteiger partial charge in [-0.3, -0.25) is 9.36 Å². The molecule has 0 amide bonds. The molecule has 4 nitrogen and oxygen atoms in total. The Bertz CT molecular complexity index is 705. The number of aromatic nitrogens is 2. The van der Waals surface area contributed by atoms with Gasteiger partial charge in [0.15, 0.2) is 5.16 Å². The van der Waals surface area contributed by atoms with E-state index >= 15 is 0 Å². The molecule has 0 aliphatic rings. The molecule has 0 aliphatic carbocycles. The van der Waals surface area contributed by atoms with Crippen LogP contribution < -0.4 is 5.56 Å². The first-order valence-electron chi connectivity index (χ1n) is 5.87. The van der Waals surface area contributed by atoms with Gasteiger partial charge >= 0.3 is 0 Å². The molecular weight excluding hydrogens is 326 g/mol. The third-order valence-electron chi connectivity index (χ3n) is 2.59. The van der Waals surface area contributed by atoms with Gasteiger partial charge in [0.05, 0.1) is 22.7 Å². The van der Waals surface area contributed by atoms with Gasteiger partial charge in [-0.05, 0) is 24.6 Å². The van der Waals surface area contributed by atoms with Crippen molar-refractivity contribution >= 4 is 38.6 Å². The summed E-state index contributed by atoms with van der Waals surface area (Å²) >= 11 is 4.67. The maximum atomic E-state index is 12.5. The normalized spacial score (nSPS) is 10.6. The summed E-state index contributed by atoms with van der Waals surface area (Å²) in [5, 5.41) is 9.89. The highest BCUT2D eigenvalue weighted by Crippen LogP contribution is 2.20. The standard InChI is InChI=1S/C13H12BrN3OS/c1-2-6-17-12(18)10-8-9(14)3-4-11(10)16-13(17)19-7-5-15/h3-4,8H,2,6-7H2,1H3. The van der Waals surface area contributed by atoms with E-state index in [1.807, 2.05) is 19.1 Å². The van der Waals surface area contributed by atoms with Crippen molar-refractivity contribution in [3.05, 3.63) is 33.0 Å². The van der Waals surface area contributed by atoms with Crippen LogP contribution in [0.1, 0.15) is 13.3 Å². The third kappa shape index (κ3) is 2.99. The maximum absolute atomic E-state index is 12.5. The fourth-order valence-corrected chi connectivity index (χ4v) is 2.85. The molecule has 0 radical (unpaired) electrons. The second-order valence-corrected chi connectivity index (χ2v) is 5.82. The van der Waals surface area contributed by atoms with E-state index in [9.17, 15) is 4.79 Å². The molecule has 2 rings (SSSR count). The molecule has 0 atom stereocenters. The van der Waals surface area contributed by atoms with Gasteiger partial charge in [-0.15, -0.1) is 0 Å². The van der Waals surface area contributed by atoms with Gasteiger partial charge in [-0.25, -0.2) is 4.98 Å². The van der Waals surface area contributed by atoms with Gasteiger partial charge in [-0.2, -0.15) is 5.26 Å². The zero-order valence-electron chi connectivity index (χ0n) is 10.4. The highest BCUT2D eigenvalue weighted by Gasteiger charge is 2.11. The first-order valence-corrected chi connectivity index (χ1v) is 7.65. The van der Waals surface area contributed by atoms with Crippen molar-refractivity contribution in [2.75, 3.05) is 5.75 Å². The van der Waals surface area contributed by atoms with Gasteiger partial charge in [0.25, 0.3) is 5.56 Å². The molecule has 0 saturated carbocycles. The Morgan fingerprint density at radius 3 is 3.00 bits per heavy atom. The van der Waals surface area contributed by atoms with Crippen LogP contribution in [0.25, 0.3) is 10.9 Å². The summed E-state index contributed by atoms with van der Waals surface area (Å²) in [5.41, 5.74) is 0.620. The van der Waals surface area contributed by atoms with Crippen molar-refractivity contribution in [2.45, 2.75) is 25.0 Å². The zero-order chi connectivity index (χ0) is 13.8. The molecule has 1 aromatic carbocycles. The topological polar surface area (TPSA) is 58.7 Å². The summed E-state index contributed by atoms with van der Waals surface area (Å²) < 4.78 is 2.51. The number of halogens is 1. The van der Waals surface area contributed by atoms with Crippen LogP contribution in [-0.2, 0) is 6.54 Å². The first kappa shape index (κ1) is 14.1. The van der Waals surface area contributed by atoms with E-state index in [1.165, 1.54) is 11.8 Å². The lowest BCUT2D eigenvalue weighted by Gasteiger charge is -2.11. The summed E-state index contributed by atoms with van der Waals surface area (Å²) in [7, 11) is 0. The number of fused-ring (bicyclic) bond motifs is 1. The molecule has 0 fully saturated rings.